The zero-order chi connectivity index (χ0) is 16.4. The molecule has 2 aromatic carbocycles. The number of benzene rings is 2. The van der Waals surface area contributed by atoms with Crippen LogP contribution in [0.3, 0.4) is 0 Å². The van der Waals surface area contributed by atoms with Crippen LogP contribution < -0.4 is 4.74 Å². The van der Waals surface area contributed by atoms with E-state index in [0.29, 0.717) is 11.5 Å². The summed E-state index contributed by atoms with van der Waals surface area (Å²) in [5.41, 5.74) is 3.88. The smallest absolute Gasteiger partial charge is 0.270 e. The number of imidazole rings is 1. The molecule has 23 heavy (non-hydrogen) atoms. The number of thioether (sulfide) groups is 1. The van der Waals surface area contributed by atoms with Crippen molar-refractivity contribution >= 4 is 28.5 Å². The fraction of sp³-hybridized carbons (Fsp3) is 0.188. The number of aromatic amines is 1. The van der Waals surface area contributed by atoms with Gasteiger partial charge in [0.2, 0.25) is 0 Å². The van der Waals surface area contributed by atoms with Gasteiger partial charge in [0.25, 0.3) is 5.69 Å². The lowest BCUT2D eigenvalue weighted by Gasteiger charge is -2.07. The van der Waals surface area contributed by atoms with Gasteiger partial charge in [0.1, 0.15) is 5.75 Å². The first kappa shape index (κ1) is 15.4. The van der Waals surface area contributed by atoms with Gasteiger partial charge in [-0.2, -0.15) is 0 Å². The second-order valence-electron chi connectivity index (χ2n) is 5.10. The molecule has 0 fully saturated rings. The lowest BCUT2D eigenvalue weighted by molar-refractivity contribution is -0.384. The van der Waals surface area contributed by atoms with Crippen LogP contribution in [-0.2, 0) is 5.75 Å². The van der Waals surface area contributed by atoms with E-state index in [9.17, 15) is 10.1 Å². The van der Waals surface area contributed by atoms with Crippen LogP contribution in [0.15, 0.2) is 41.6 Å². The molecule has 3 rings (SSSR count). The summed E-state index contributed by atoms with van der Waals surface area (Å²) in [4.78, 5) is 18.3. The minimum Gasteiger partial charge on any atom is -0.496 e. The van der Waals surface area contributed by atoms with Crippen LogP contribution >= 0.6 is 11.8 Å². The summed E-state index contributed by atoms with van der Waals surface area (Å²) in [6, 6.07) is 10.6. The number of non-ortho nitro benzene ring substituents is 1. The number of nitrogens with one attached hydrogen (secondary N) is 1. The van der Waals surface area contributed by atoms with Crippen molar-refractivity contribution in [2.75, 3.05) is 7.11 Å². The van der Waals surface area contributed by atoms with Crippen molar-refractivity contribution in [3.8, 4) is 5.75 Å². The van der Waals surface area contributed by atoms with Crippen LogP contribution in [-0.4, -0.2) is 22.0 Å². The van der Waals surface area contributed by atoms with Crippen LogP contribution in [0.4, 0.5) is 5.69 Å². The average Bonchev–Trinajstić information content (AvgIpc) is 2.94. The fourth-order valence-electron chi connectivity index (χ4n) is 2.31. The molecule has 0 unspecified atom stereocenters. The number of nitro groups is 1. The van der Waals surface area contributed by atoms with Gasteiger partial charge in [-0.15, -0.1) is 0 Å². The Morgan fingerprint density at radius 3 is 2.87 bits per heavy atom. The molecule has 1 heterocycles. The molecule has 3 aromatic rings. The van der Waals surface area contributed by atoms with E-state index in [1.165, 1.54) is 17.8 Å². The van der Waals surface area contributed by atoms with E-state index >= 15 is 0 Å². The average molecular weight is 329 g/mol. The standard InChI is InChI=1S/C16H15N3O3S/c1-10-3-5-13-14(7-10)18-16(17-13)23-9-11-8-12(19(20)21)4-6-15(11)22-2/h3-8H,9H2,1-2H3,(H,17,18). The lowest BCUT2D eigenvalue weighted by Crippen LogP contribution is -1.94. The van der Waals surface area contributed by atoms with Crippen LogP contribution in [0.25, 0.3) is 11.0 Å². The van der Waals surface area contributed by atoms with Crippen molar-refractivity contribution in [2.45, 2.75) is 17.8 Å². The second kappa shape index (κ2) is 6.29. The second-order valence-corrected chi connectivity index (χ2v) is 6.07. The number of fused-ring (bicyclic) bond motifs is 1. The molecule has 0 bridgehead atoms. The quantitative estimate of drug-likeness (QED) is 0.433. The highest BCUT2D eigenvalue weighted by Gasteiger charge is 2.12. The summed E-state index contributed by atoms with van der Waals surface area (Å²) in [5.74, 6) is 1.17. The number of aryl methyl sites for hydroxylation is 1. The highest BCUT2D eigenvalue weighted by atomic mass is 32.2. The Bertz CT molecular complexity index is 876. The predicted octanol–water partition coefficient (Wildman–Crippen LogP) is 4.08. The van der Waals surface area contributed by atoms with E-state index < -0.39 is 4.92 Å². The molecule has 1 aromatic heterocycles. The van der Waals surface area contributed by atoms with Crippen molar-refractivity contribution in [2.24, 2.45) is 0 Å². The number of nitrogens with zero attached hydrogens (tertiary/aromatic N) is 2. The van der Waals surface area contributed by atoms with Crippen LogP contribution in [0, 0.1) is 17.0 Å². The van der Waals surface area contributed by atoms with Gasteiger partial charge in [0.05, 0.1) is 23.1 Å². The number of ether oxygens (including phenoxy) is 1. The molecule has 0 spiro atoms. The normalized spacial score (nSPS) is 10.9. The molecule has 1 N–H and O–H groups in total. The van der Waals surface area contributed by atoms with Crippen molar-refractivity contribution in [3.05, 3.63) is 57.6 Å². The van der Waals surface area contributed by atoms with Gasteiger partial charge < -0.3 is 9.72 Å². The maximum Gasteiger partial charge on any atom is 0.270 e. The largest absolute Gasteiger partial charge is 0.496 e. The SMILES string of the molecule is COc1ccc([N+](=O)[O-])cc1CSc1nc2ccc(C)cc2[nH]1. The summed E-state index contributed by atoms with van der Waals surface area (Å²) >= 11 is 1.49. The van der Waals surface area contributed by atoms with Crippen molar-refractivity contribution < 1.29 is 9.66 Å². The highest BCUT2D eigenvalue weighted by molar-refractivity contribution is 7.98. The molecular formula is C16H15N3O3S. The van der Waals surface area contributed by atoms with E-state index in [2.05, 4.69) is 9.97 Å². The minimum absolute atomic E-state index is 0.0571. The van der Waals surface area contributed by atoms with Gasteiger partial charge in [-0.3, -0.25) is 10.1 Å². The maximum absolute atomic E-state index is 10.9. The summed E-state index contributed by atoms with van der Waals surface area (Å²) in [5, 5.41) is 11.7. The van der Waals surface area contributed by atoms with E-state index in [0.717, 1.165) is 27.3 Å². The Labute approximate surface area is 137 Å². The van der Waals surface area contributed by atoms with Gasteiger partial charge in [0, 0.05) is 23.4 Å². The van der Waals surface area contributed by atoms with E-state index in [4.69, 9.17) is 4.74 Å². The Morgan fingerprint density at radius 1 is 1.30 bits per heavy atom. The summed E-state index contributed by atoms with van der Waals surface area (Å²) in [7, 11) is 1.55. The molecule has 0 atom stereocenters. The lowest BCUT2D eigenvalue weighted by atomic mass is 10.2. The summed E-state index contributed by atoms with van der Waals surface area (Å²) in [6.45, 7) is 2.03. The number of H-pyrrole nitrogens is 1. The number of aromatic nitrogens is 2. The number of methoxy groups -OCH3 is 1. The van der Waals surface area contributed by atoms with Gasteiger partial charge >= 0.3 is 0 Å². The molecule has 6 nitrogen and oxygen atoms in total. The van der Waals surface area contributed by atoms with Gasteiger partial charge in [-0.1, -0.05) is 17.8 Å². The molecule has 0 aliphatic heterocycles. The van der Waals surface area contributed by atoms with E-state index in [1.54, 1.807) is 19.2 Å². The predicted molar refractivity (Wildman–Crippen MR) is 90.0 cm³/mol. The van der Waals surface area contributed by atoms with E-state index in [1.807, 2.05) is 25.1 Å². The minimum atomic E-state index is -0.405. The monoisotopic (exact) mass is 329 g/mol. The third-order valence-corrected chi connectivity index (χ3v) is 4.38. The number of hydrogen-bond acceptors (Lipinski definition) is 5. The number of rotatable bonds is 5. The first-order valence-electron chi connectivity index (χ1n) is 6.97. The molecule has 118 valence electrons. The van der Waals surface area contributed by atoms with Crippen LogP contribution in [0.5, 0.6) is 5.75 Å². The van der Waals surface area contributed by atoms with Gasteiger partial charge in [0.15, 0.2) is 5.16 Å². The summed E-state index contributed by atoms with van der Waals surface area (Å²) < 4.78 is 5.28. The molecule has 0 amide bonds. The Morgan fingerprint density at radius 2 is 2.13 bits per heavy atom. The molecule has 7 heteroatoms. The highest BCUT2D eigenvalue weighted by Crippen LogP contribution is 2.30. The molecule has 0 radical (unpaired) electrons. The Balaban J connectivity index is 1.83. The Kier molecular flexibility index (Phi) is 4.20. The third-order valence-electron chi connectivity index (χ3n) is 3.45. The first-order valence-corrected chi connectivity index (χ1v) is 7.96. The topological polar surface area (TPSA) is 81.1 Å². The third kappa shape index (κ3) is 3.29. The van der Waals surface area contributed by atoms with Crippen molar-refractivity contribution in [3.63, 3.8) is 0 Å². The molecule has 0 aliphatic carbocycles. The fourth-order valence-corrected chi connectivity index (χ4v) is 3.17. The van der Waals surface area contributed by atoms with Crippen molar-refractivity contribution in [1.82, 2.24) is 9.97 Å². The zero-order valence-electron chi connectivity index (χ0n) is 12.7. The number of nitro benzene ring substituents is 1. The maximum atomic E-state index is 10.9. The molecular weight excluding hydrogens is 314 g/mol. The van der Waals surface area contributed by atoms with Crippen molar-refractivity contribution in [1.29, 1.82) is 0 Å². The first-order chi connectivity index (χ1) is 11.1. The van der Waals surface area contributed by atoms with Crippen LogP contribution in [0.2, 0.25) is 0 Å². The zero-order valence-corrected chi connectivity index (χ0v) is 13.5. The van der Waals surface area contributed by atoms with Gasteiger partial charge in [-0.25, -0.2) is 4.98 Å². The van der Waals surface area contributed by atoms with Gasteiger partial charge in [-0.05, 0) is 30.7 Å². The van der Waals surface area contributed by atoms with E-state index in [-0.39, 0.29) is 5.69 Å². The molecule has 0 saturated carbocycles. The summed E-state index contributed by atoms with van der Waals surface area (Å²) in [6.07, 6.45) is 0. The molecule has 0 saturated heterocycles. The molecule has 0 aliphatic rings. The number of hydrogen-bond donors (Lipinski definition) is 1. The van der Waals surface area contributed by atoms with Crippen LogP contribution in [0.1, 0.15) is 11.1 Å². The Hall–Kier alpha value is -2.54.